The van der Waals surface area contributed by atoms with E-state index in [0.29, 0.717) is 11.5 Å². The summed E-state index contributed by atoms with van der Waals surface area (Å²) in [6.45, 7) is 3.92. The van der Waals surface area contributed by atoms with Crippen LogP contribution in [0.1, 0.15) is 22.7 Å². The number of aryl methyl sites for hydroxylation is 1. The maximum absolute atomic E-state index is 12.6. The molecule has 1 aliphatic rings. The molecule has 0 bridgehead atoms. The summed E-state index contributed by atoms with van der Waals surface area (Å²) in [4.78, 5) is 19.9. The highest BCUT2D eigenvalue weighted by Gasteiger charge is 2.41. The number of benzene rings is 1. The number of methoxy groups -OCH3 is 2. The van der Waals surface area contributed by atoms with Crippen LogP contribution in [0.15, 0.2) is 24.4 Å². The molecule has 122 valence electrons. The lowest BCUT2D eigenvalue weighted by atomic mass is 10.2. The Morgan fingerprint density at radius 2 is 1.96 bits per heavy atom. The first kappa shape index (κ1) is 16.1. The molecule has 1 amide bonds. The zero-order valence-electron chi connectivity index (χ0n) is 13.4. The molecule has 0 unspecified atom stereocenters. The first-order valence-electron chi connectivity index (χ1n) is 7.18. The molecule has 1 saturated heterocycles. The van der Waals surface area contributed by atoms with Gasteiger partial charge in [-0.25, -0.2) is 4.98 Å². The van der Waals surface area contributed by atoms with Crippen molar-refractivity contribution in [3.63, 3.8) is 0 Å². The van der Waals surface area contributed by atoms with Crippen LogP contribution in [0.2, 0.25) is 0 Å². The Kier molecular flexibility index (Phi) is 4.50. The summed E-state index contributed by atoms with van der Waals surface area (Å²) < 4.78 is 10.7. The summed E-state index contributed by atoms with van der Waals surface area (Å²) in [5.74, 6) is 1.42. The largest absolute Gasteiger partial charge is 0.493 e. The molecule has 0 saturated carbocycles. The second-order valence-corrected chi connectivity index (χ2v) is 7.85. The van der Waals surface area contributed by atoms with Gasteiger partial charge >= 0.3 is 0 Å². The summed E-state index contributed by atoms with van der Waals surface area (Å²) in [5, 5.41) is 0.532. The van der Waals surface area contributed by atoms with Crippen molar-refractivity contribution in [3.8, 4) is 11.5 Å². The Morgan fingerprint density at radius 3 is 2.57 bits per heavy atom. The van der Waals surface area contributed by atoms with Gasteiger partial charge < -0.3 is 9.47 Å². The summed E-state index contributed by atoms with van der Waals surface area (Å²) in [7, 11) is 3.22. The highest BCUT2D eigenvalue weighted by molar-refractivity contribution is 8.01. The number of thioether (sulfide) groups is 1. The molecule has 1 fully saturated rings. The number of hydrogen-bond donors (Lipinski definition) is 0. The summed E-state index contributed by atoms with van der Waals surface area (Å²) in [5.41, 5.74) is 0.998. The lowest BCUT2D eigenvalue weighted by Crippen LogP contribution is -2.29. The molecule has 0 radical (unpaired) electrons. The number of anilines is 1. The molecule has 0 N–H and O–H groups in total. The van der Waals surface area contributed by atoms with Gasteiger partial charge in [-0.15, -0.1) is 23.1 Å². The predicted octanol–water partition coefficient (Wildman–Crippen LogP) is 3.64. The summed E-state index contributed by atoms with van der Waals surface area (Å²) in [6.07, 6.45) is 1.80. The van der Waals surface area contributed by atoms with Gasteiger partial charge in [0, 0.05) is 11.1 Å². The third-order valence-electron chi connectivity index (χ3n) is 3.66. The fourth-order valence-electron chi connectivity index (χ4n) is 2.51. The molecule has 23 heavy (non-hydrogen) atoms. The monoisotopic (exact) mass is 350 g/mol. The number of carbonyl (C=O) groups is 1. The van der Waals surface area contributed by atoms with Crippen LogP contribution >= 0.6 is 23.1 Å². The Hall–Kier alpha value is -1.73. The van der Waals surface area contributed by atoms with Crippen LogP contribution in [0.5, 0.6) is 11.5 Å². The van der Waals surface area contributed by atoms with E-state index in [1.807, 2.05) is 32.0 Å². The van der Waals surface area contributed by atoms with E-state index in [1.54, 1.807) is 37.1 Å². The van der Waals surface area contributed by atoms with Crippen molar-refractivity contribution in [2.24, 2.45) is 0 Å². The quantitative estimate of drug-likeness (QED) is 0.843. The molecular weight excluding hydrogens is 332 g/mol. The van der Waals surface area contributed by atoms with E-state index in [-0.39, 0.29) is 16.5 Å². The van der Waals surface area contributed by atoms with E-state index in [9.17, 15) is 4.79 Å². The summed E-state index contributed by atoms with van der Waals surface area (Å²) in [6, 6.07) is 5.76. The predicted molar refractivity (Wildman–Crippen MR) is 93.7 cm³/mol. The van der Waals surface area contributed by atoms with Gasteiger partial charge in [-0.1, -0.05) is 6.07 Å². The molecule has 2 heterocycles. The van der Waals surface area contributed by atoms with Crippen LogP contribution < -0.4 is 14.4 Å². The first-order chi connectivity index (χ1) is 11.0. The fraction of sp³-hybridized carbons (Fsp3) is 0.375. The molecule has 1 aromatic heterocycles. The number of aromatic nitrogens is 1. The van der Waals surface area contributed by atoms with Crippen LogP contribution in [0.4, 0.5) is 5.13 Å². The maximum atomic E-state index is 12.6. The Bertz CT molecular complexity index is 732. The standard InChI is InChI=1S/C16H18N2O3S2/c1-9-8-17-16(22-9)18-14(19)10(2)23-15(18)11-5-6-12(20-3)13(7-11)21-4/h5-8,10,15H,1-4H3/t10-,15-/m0/s1. The smallest absolute Gasteiger partial charge is 0.242 e. The number of nitrogens with zero attached hydrogens (tertiary/aromatic N) is 2. The number of thiazole rings is 1. The third-order valence-corrected chi connectivity index (χ3v) is 5.92. The van der Waals surface area contributed by atoms with Crippen molar-refractivity contribution in [2.75, 3.05) is 19.1 Å². The van der Waals surface area contributed by atoms with Crippen LogP contribution in [-0.4, -0.2) is 30.4 Å². The molecule has 0 spiro atoms. The zero-order chi connectivity index (χ0) is 16.6. The summed E-state index contributed by atoms with van der Waals surface area (Å²) >= 11 is 3.15. The van der Waals surface area contributed by atoms with Gasteiger partial charge in [0.2, 0.25) is 5.91 Å². The Morgan fingerprint density at radius 1 is 1.22 bits per heavy atom. The van der Waals surface area contributed by atoms with E-state index in [0.717, 1.165) is 15.6 Å². The number of carbonyl (C=O) groups excluding carboxylic acids is 1. The lowest BCUT2D eigenvalue weighted by Gasteiger charge is -2.22. The molecule has 1 aliphatic heterocycles. The van der Waals surface area contributed by atoms with Crippen molar-refractivity contribution in [2.45, 2.75) is 24.5 Å². The Balaban J connectivity index is 2.01. The minimum Gasteiger partial charge on any atom is -0.493 e. The minimum absolute atomic E-state index is 0.0872. The average Bonchev–Trinajstić information content (AvgIpc) is 3.10. The van der Waals surface area contributed by atoms with Gasteiger partial charge in [-0.2, -0.15) is 0 Å². The normalized spacial score (nSPS) is 20.9. The maximum Gasteiger partial charge on any atom is 0.242 e. The molecule has 7 heteroatoms. The van der Waals surface area contributed by atoms with Gasteiger partial charge in [-0.05, 0) is 31.5 Å². The van der Waals surface area contributed by atoms with Crippen molar-refractivity contribution in [1.82, 2.24) is 4.98 Å². The highest BCUT2D eigenvalue weighted by Crippen LogP contribution is 2.47. The van der Waals surface area contributed by atoms with E-state index in [4.69, 9.17) is 9.47 Å². The number of amides is 1. The lowest BCUT2D eigenvalue weighted by molar-refractivity contribution is -0.117. The van der Waals surface area contributed by atoms with Crippen LogP contribution in [0, 0.1) is 6.92 Å². The van der Waals surface area contributed by atoms with E-state index in [1.165, 1.54) is 11.3 Å². The van der Waals surface area contributed by atoms with Crippen molar-refractivity contribution in [3.05, 3.63) is 34.8 Å². The van der Waals surface area contributed by atoms with E-state index in [2.05, 4.69) is 4.98 Å². The fourth-order valence-corrected chi connectivity index (χ4v) is 4.61. The van der Waals surface area contributed by atoms with Crippen LogP contribution in [0.25, 0.3) is 0 Å². The van der Waals surface area contributed by atoms with E-state index < -0.39 is 0 Å². The molecule has 0 aliphatic carbocycles. The topological polar surface area (TPSA) is 51.7 Å². The van der Waals surface area contributed by atoms with Gasteiger partial charge in [0.1, 0.15) is 5.37 Å². The first-order valence-corrected chi connectivity index (χ1v) is 8.94. The molecule has 2 aromatic rings. The van der Waals surface area contributed by atoms with Crippen molar-refractivity contribution < 1.29 is 14.3 Å². The Labute approximate surface area is 143 Å². The zero-order valence-corrected chi connectivity index (χ0v) is 15.0. The van der Waals surface area contributed by atoms with Crippen molar-refractivity contribution in [1.29, 1.82) is 0 Å². The van der Waals surface area contributed by atoms with Crippen LogP contribution in [-0.2, 0) is 4.79 Å². The minimum atomic E-state index is -0.108. The second kappa shape index (κ2) is 6.41. The number of ether oxygens (including phenoxy) is 2. The van der Waals surface area contributed by atoms with Gasteiger partial charge in [0.05, 0.1) is 19.5 Å². The van der Waals surface area contributed by atoms with Crippen molar-refractivity contribution >= 4 is 34.1 Å². The SMILES string of the molecule is COc1ccc([C@@H]2S[C@@H](C)C(=O)N2c2ncc(C)s2)cc1OC. The number of rotatable bonds is 4. The molecule has 1 aromatic carbocycles. The molecule has 5 nitrogen and oxygen atoms in total. The van der Waals surface area contributed by atoms with Gasteiger partial charge in [0.25, 0.3) is 0 Å². The second-order valence-electron chi connectivity index (χ2n) is 5.21. The van der Waals surface area contributed by atoms with Gasteiger partial charge in [-0.3, -0.25) is 9.69 Å². The third kappa shape index (κ3) is 2.90. The molecule has 2 atom stereocenters. The molecule has 3 rings (SSSR count). The molecular formula is C16H18N2O3S2. The van der Waals surface area contributed by atoms with E-state index >= 15 is 0 Å². The van der Waals surface area contributed by atoms with Gasteiger partial charge in [0.15, 0.2) is 16.6 Å². The highest BCUT2D eigenvalue weighted by atomic mass is 32.2. The average molecular weight is 350 g/mol. The number of hydrogen-bond acceptors (Lipinski definition) is 6. The van der Waals surface area contributed by atoms with Crippen LogP contribution in [0.3, 0.4) is 0 Å².